The molecule has 2 amide bonds. The maximum Gasteiger partial charge on any atom is 0.319 e. The second-order valence-corrected chi connectivity index (χ2v) is 12.8. The SMILES string of the molecule is CCCCCCCCN(CCCCCCCC)C[C@H]1O[C@@H](c2cccc(NC(=O)NCC)c2)O[C@@H](c2ccc(CO)cc2)[C@H]1C. The molecule has 1 aliphatic heterocycles. The number of aliphatic hydroxyl groups is 1. The second kappa shape index (κ2) is 21.4. The summed E-state index contributed by atoms with van der Waals surface area (Å²) in [6.45, 7) is 12.3. The molecule has 0 unspecified atom stereocenters. The molecule has 0 bridgehead atoms. The van der Waals surface area contributed by atoms with Gasteiger partial charge in [0.05, 0.1) is 18.8 Å². The third-order valence-corrected chi connectivity index (χ3v) is 8.97. The number of carbonyl (C=O) groups excluding carboxylic acids is 1. The van der Waals surface area contributed by atoms with E-state index < -0.39 is 6.29 Å². The monoisotopic (exact) mass is 623 g/mol. The highest BCUT2D eigenvalue weighted by molar-refractivity contribution is 5.89. The molecule has 0 saturated carbocycles. The van der Waals surface area contributed by atoms with E-state index in [4.69, 9.17) is 9.47 Å². The minimum atomic E-state index is -0.561. The van der Waals surface area contributed by atoms with Crippen LogP contribution in [0.25, 0.3) is 0 Å². The van der Waals surface area contributed by atoms with E-state index >= 15 is 0 Å². The van der Waals surface area contributed by atoms with Crippen LogP contribution in [-0.4, -0.2) is 48.3 Å². The predicted octanol–water partition coefficient (Wildman–Crippen LogP) is 9.13. The van der Waals surface area contributed by atoms with Crippen LogP contribution in [0.1, 0.15) is 134 Å². The normalized spacial score (nSPS) is 20.0. The van der Waals surface area contributed by atoms with Crippen molar-refractivity contribution < 1.29 is 19.4 Å². The average Bonchev–Trinajstić information content (AvgIpc) is 3.05. The third-order valence-electron chi connectivity index (χ3n) is 8.97. The number of hydrogen-bond acceptors (Lipinski definition) is 5. The zero-order chi connectivity index (χ0) is 32.3. The molecule has 1 saturated heterocycles. The Morgan fingerprint density at radius 3 is 2.02 bits per heavy atom. The maximum atomic E-state index is 12.2. The van der Waals surface area contributed by atoms with Crippen molar-refractivity contribution in [3.8, 4) is 0 Å². The van der Waals surface area contributed by atoms with Gasteiger partial charge in [-0.1, -0.05) is 121 Å². The number of aliphatic hydroxyl groups excluding tert-OH is 1. The molecule has 1 aliphatic rings. The molecule has 3 rings (SSSR count). The van der Waals surface area contributed by atoms with Gasteiger partial charge in [0.15, 0.2) is 6.29 Å². The summed E-state index contributed by atoms with van der Waals surface area (Å²) in [7, 11) is 0. The number of carbonyl (C=O) groups is 1. The van der Waals surface area contributed by atoms with Gasteiger partial charge in [0.1, 0.15) is 0 Å². The first kappa shape index (κ1) is 37.0. The predicted molar refractivity (Wildman–Crippen MR) is 185 cm³/mol. The Morgan fingerprint density at radius 2 is 1.42 bits per heavy atom. The molecule has 4 atom stereocenters. The minimum absolute atomic E-state index is 0.0208. The fourth-order valence-electron chi connectivity index (χ4n) is 6.21. The van der Waals surface area contributed by atoms with Crippen LogP contribution in [0, 0.1) is 5.92 Å². The molecular formula is C38H61N3O4. The summed E-state index contributed by atoms with van der Waals surface area (Å²) in [5.41, 5.74) is 3.57. The van der Waals surface area contributed by atoms with Crippen molar-refractivity contribution in [1.29, 1.82) is 0 Å². The Morgan fingerprint density at radius 1 is 0.800 bits per heavy atom. The van der Waals surface area contributed by atoms with E-state index in [2.05, 4.69) is 48.4 Å². The van der Waals surface area contributed by atoms with Crippen molar-refractivity contribution in [2.24, 2.45) is 5.92 Å². The molecule has 0 aliphatic carbocycles. The standard InChI is InChI=1S/C38H61N3O4/c1-5-8-10-12-14-16-25-41(26-17-15-13-11-9-6-2)28-35-30(4)36(32-23-21-31(29-42)22-24-32)45-37(44-35)33-19-18-20-34(27-33)40-38(43)39-7-3/h18-24,27,30,35-37,42H,5-17,25-26,28-29H2,1-4H3,(H2,39,40,43)/t30-,35+,36+,37+/m0/s1. The fourth-order valence-corrected chi connectivity index (χ4v) is 6.21. The number of anilines is 1. The molecule has 3 N–H and O–H groups in total. The lowest BCUT2D eigenvalue weighted by molar-refractivity contribution is -0.276. The molecule has 2 aromatic rings. The van der Waals surface area contributed by atoms with Gasteiger partial charge >= 0.3 is 6.03 Å². The van der Waals surface area contributed by atoms with Gasteiger partial charge in [-0.25, -0.2) is 4.79 Å². The molecule has 7 nitrogen and oxygen atoms in total. The average molecular weight is 624 g/mol. The molecule has 1 heterocycles. The molecule has 0 radical (unpaired) electrons. The van der Waals surface area contributed by atoms with Gasteiger partial charge in [-0.3, -0.25) is 0 Å². The van der Waals surface area contributed by atoms with Crippen LogP contribution >= 0.6 is 0 Å². The van der Waals surface area contributed by atoms with E-state index in [0.29, 0.717) is 12.2 Å². The maximum absolute atomic E-state index is 12.2. The Bertz CT molecular complexity index is 1060. The largest absolute Gasteiger partial charge is 0.392 e. The van der Waals surface area contributed by atoms with Crippen LogP contribution in [0.3, 0.4) is 0 Å². The molecule has 45 heavy (non-hydrogen) atoms. The lowest BCUT2D eigenvalue weighted by atomic mass is 9.90. The van der Waals surface area contributed by atoms with E-state index in [1.54, 1.807) is 0 Å². The van der Waals surface area contributed by atoms with Gasteiger partial charge in [-0.2, -0.15) is 0 Å². The number of hydrogen-bond donors (Lipinski definition) is 3. The second-order valence-electron chi connectivity index (χ2n) is 12.8. The van der Waals surface area contributed by atoms with E-state index in [-0.39, 0.29) is 30.8 Å². The summed E-state index contributed by atoms with van der Waals surface area (Å²) in [6, 6.07) is 15.7. The van der Waals surface area contributed by atoms with Crippen LogP contribution in [0.5, 0.6) is 0 Å². The van der Waals surface area contributed by atoms with Gasteiger partial charge in [-0.15, -0.1) is 0 Å². The molecular weight excluding hydrogens is 562 g/mol. The smallest absolute Gasteiger partial charge is 0.319 e. The number of amides is 2. The van der Waals surface area contributed by atoms with Crippen molar-refractivity contribution in [3.05, 3.63) is 65.2 Å². The summed E-state index contributed by atoms with van der Waals surface area (Å²) in [5.74, 6) is 0.134. The van der Waals surface area contributed by atoms with Crippen molar-refractivity contribution >= 4 is 11.7 Å². The van der Waals surface area contributed by atoms with E-state index in [0.717, 1.165) is 36.3 Å². The van der Waals surface area contributed by atoms with E-state index in [1.807, 2.05) is 43.3 Å². The van der Waals surface area contributed by atoms with E-state index in [1.165, 1.54) is 77.0 Å². The lowest BCUT2D eigenvalue weighted by Gasteiger charge is -2.43. The molecule has 2 aromatic carbocycles. The van der Waals surface area contributed by atoms with Crippen LogP contribution in [0.15, 0.2) is 48.5 Å². The number of ether oxygens (including phenoxy) is 2. The topological polar surface area (TPSA) is 83.1 Å². The van der Waals surface area contributed by atoms with Crippen LogP contribution in [0.2, 0.25) is 0 Å². The van der Waals surface area contributed by atoms with Gasteiger partial charge in [0, 0.05) is 30.3 Å². The number of urea groups is 1. The Labute approximate surface area is 273 Å². The molecule has 7 heteroatoms. The molecule has 0 spiro atoms. The van der Waals surface area contributed by atoms with Crippen molar-refractivity contribution in [3.63, 3.8) is 0 Å². The first-order chi connectivity index (χ1) is 22.0. The Kier molecular flexibility index (Phi) is 17.6. The summed E-state index contributed by atoms with van der Waals surface area (Å²) >= 11 is 0. The summed E-state index contributed by atoms with van der Waals surface area (Å²) < 4.78 is 13.5. The summed E-state index contributed by atoms with van der Waals surface area (Å²) in [4.78, 5) is 14.9. The van der Waals surface area contributed by atoms with Crippen LogP contribution in [0.4, 0.5) is 10.5 Å². The lowest BCUT2D eigenvalue weighted by Crippen LogP contribution is -2.45. The van der Waals surface area contributed by atoms with Crippen LogP contribution in [-0.2, 0) is 16.1 Å². The van der Waals surface area contributed by atoms with E-state index in [9.17, 15) is 9.90 Å². The minimum Gasteiger partial charge on any atom is -0.392 e. The van der Waals surface area contributed by atoms with Crippen LogP contribution < -0.4 is 10.6 Å². The van der Waals surface area contributed by atoms with Gasteiger partial charge in [0.25, 0.3) is 0 Å². The van der Waals surface area contributed by atoms with Gasteiger partial charge in [-0.05, 0) is 56.1 Å². The fraction of sp³-hybridized carbons (Fsp3) is 0.658. The highest BCUT2D eigenvalue weighted by Gasteiger charge is 2.39. The first-order valence-electron chi connectivity index (χ1n) is 17.9. The van der Waals surface area contributed by atoms with Crippen molar-refractivity contribution in [1.82, 2.24) is 10.2 Å². The highest BCUT2D eigenvalue weighted by Crippen LogP contribution is 2.42. The Balaban J connectivity index is 1.79. The number of unbranched alkanes of at least 4 members (excludes halogenated alkanes) is 10. The van der Waals surface area contributed by atoms with Crippen molar-refractivity contribution in [2.75, 3.05) is 31.5 Å². The number of rotatable bonds is 21. The Hall–Kier alpha value is -2.45. The summed E-state index contributed by atoms with van der Waals surface area (Å²) in [6.07, 6.45) is 14.8. The number of nitrogens with one attached hydrogen (secondary N) is 2. The molecule has 1 fully saturated rings. The third kappa shape index (κ3) is 13.1. The first-order valence-corrected chi connectivity index (χ1v) is 17.9. The number of benzene rings is 2. The number of nitrogens with zero attached hydrogens (tertiary/aromatic N) is 1. The zero-order valence-electron chi connectivity index (χ0n) is 28.6. The highest BCUT2D eigenvalue weighted by atomic mass is 16.7. The van der Waals surface area contributed by atoms with Gasteiger partial charge < -0.3 is 30.1 Å². The molecule has 252 valence electrons. The zero-order valence-corrected chi connectivity index (χ0v) is 28.6. The van der Waals surface area contributed by atoms with Gasteiger partial charge in [0.2, 0.25) is 0 Å². The summed E-state index contributed by atoms with van der Waals surface area (Å²) in [5, 5.41) is 15.3. The van der Waals surface area contributed by atoms with Crippen molar-refractivity contribution in [2.45, 2.75) is 130 Å². The quantitative estimate of drug-likeness (QED) is 0.121. The molecule has 0 aromatic heterocycles.